The van der Waals surface area contributed by atoms with Crippen molar-refractivity contribution in [3.8, 4) is 0 Å². The fraction of sp³-hybridized carbons (Fsp3) is 0. The SMILES string of the molecule is O=Cc1cccc2cc3ccc(I)cc3nc12. The zero-order valence-corrected chi connectivity index (χ0v) is 11.0. The molecule has 0 aliphatic carbocycles. The first-order valence-corrected chi connectivity index (χ1v) is 6.30. The first kappa shape index (κ1) is 10.7. The molecule has 0 unspecified atom stereocenters. The number of hydrogen-bond donors (Lipinski definition) is 0. The molecule has 0 atom stereocenters. The smallest absolute Gasteiger partial charge is 0.152 e. The van der Waals surface area contributed by atoms with E-state index in [0.717, 1.165) is 31.7 Å². The molecule has 3 rings (SSSR count). The number of carbonyl (C=O) groups is 1. The molecule has 0 N–H and O–H groups in total. The van der Waals surface area contributed by atoms with Crippen LogP contribution >= 0.6 is 22.6 Å². The molecule has 0 aliphatic rings. The number of para-hydroxylation sites is 1. The number of aromatic nitrogens is 1. The Morgan fingerprint density at radius 3 is 2.76 bits per heavy atom. The minimum atomic E-state index is 0.642. The van der Waals surface area contributed by atoms with Crippen molar-refractivity contribution in [2.45, 2.75) is 0 Å². The van der Waals surface area contributed by atoms with Gasteiger partial charge in [-0.1, -0.05) is 18.2 Å². The summed E-state index contributed by atoms with van der Waals surface area (Å²) in [5.74, 6) is 0. The fourth-order valence-electron chi connectivity index (χ4n) is 1.94. The van der Waals surface area contributed by atoms with E-state index in [4.69, 9.17) is 0 Å². The second-order valence-electron chi connectivity index (χ2n) is 3.86. The third kappa shape index (κ3) is 1.80. The van der Waals surface area contributed by atoms with E-state index in [0.29, 0.717) is 5.56 Å². The van der Waals surface area contributed by atoms with E-state index in [1.165, 1.54) is 0 Å². The zero-order chi connectivity index (χ0) is 11.8. The number of hydrogen-bond acceptors (Lipinski definition) is 2. The maximum atomic E-state index is 11.0. The Morgan fingerprint density at radius 2 is 1.94 bits per heavy atom. The van der Waals surface area contributed by atoms with Crippen molar-refractivity contribution in [3.05, 3.63) is 51.6 Å². The molecule has 0 radical (unpaired) electrons. The van der Waals surface area contributed by atoms with Crippen molar-refractivity contribution in [3.63, 3.8) is 0 Å². The Hall–Kier alpha value is -1.49. The predicted molar refractivity (Wildman–Crippen MR) is 77.4 cm³/mol. The van der Waals surface area contributed by atoms with Crippen LogP contribution in [0.1, 0.15) is 10.4 Å². The van der Waals surface area contributed by atoms with Crippen molar-refractivity contribution in [1.82, 2.24) is 4.98 Å². The second kappa shape index (κ2) is 4.07. The molecule has 3 heteroatoms. The van der Waals surface area contributed by atoms with Gasteiger partial charge in [0.15, 0.2) is 6.29 Å². The Bertz CT molecular complexity index is 737. The van der Waals surface area contributed by atoms with Gasteiger partial charge in [-0.2, -0.15) is 0 Å². The van der Waals surface area contributed by atoms with E-state index < -0.39 is 0 Å². The van der Waals surface area contributed by atoms with Crippen LogP contribution < -0.4 is 0 Å². The summed E-state index contributed by atoms with van der Waals surface area (Å²) in [6.07, 6.45) is 0.856. The summed E-state index contributed by atoms with van der Waals surface area (Å²) in [5, 5.41) is 2.10. The van der Waals surface area contributed by atoms with Crippen molar-refractivity contribution in [2.24, 2.45) is 0 Å². The highest BCUT2D eigenvalue weighted by atomic mass is 127. The highest BCUT2D eigenvalue weighted by Crippen LogP contribution is 2.22. The summed E-state index contributed by atoms with van der Waals surface area (Å²) < 4.78 is 1.14. The monoisotopic (exact) mass is 333 g/mol. The lowest BCUT2D eigenvalue weighted by molar-refractivity contribution is 0.112. The van der Waals surface area contributed by atoms with Gasteiger partial charge in [0.2, 0.25) is 0 Å². The van der Waals surface area contributed by atoms with Crippen molar-refractivity contribution in [2.75, 3.05) is 0 Å². The third-order valence-electron chi connectivity index (χ3n) is 2.76. The van der Waals surface area contributed by atoms with E-state index in [-0.39, 0.29) is 0 Å². The van der Waals surface area contributed by atoms with Gasteiger partial charge < -0.3 is 0 Å². The van der Waals surface area contributed by atoms with Crippen LogP contribution in [0.5, 0.6) is 0 Å². The van der Waals surface area contributed by atoms with E-state index in [9.17, 15) is 4.79 Å². The third-order valence-corrected chi connectivity index (χ3v) is 3.43. The lowest BCUT2D eigenvalue weighted by atomic mass is 10.1. The van der Waals surface area contributed by atoms with E-state index in [2.05, 4.69) is 45.8 Å². The lowest BCUT2D eigenvalue weighted by Gasteiger charge is -2.03. The largest absolute Gasteiger partial charge is 0.298 e. The summed E-state index contributed by atoms with van der Waals surface area (Å²) in [5.41, 5.74) is 2.35. The number of fused-ring (bicyclic) bond motifs is 2. The normalized spacial score (nSPS) is 10.9. The van der Waals surface area contributed by atoms with Gasteiger partial charge in [0, 0.05) is 19.9 Å². The van der Waals surface area contributed by atoms with Crippen LogP contribution in [0.25, 0.3) is 21.8 Å². The first-order chi connectivity index (χ1) is 8.28. The molecule has 0 saturated heterocycles. The summed E-state index contributed by atoms with van der Waals surface area (Å²) in [7, 11) is 0. The van der Waals surface area contributed by atoms with Gasteiger partial charge in [0.05, 0.1) is 11.0 Å². The zero-order valence-electron chi connectivity index (χ0n) is 8.85. The van der Waals surface area contributed by atoms with Crippen LogP contribution in [0.4, 0.5) is 0 Å². The van der Waals surface area contributed by atoms with Gasteiger partial charge in [0.1, 0.15) is 0 Å². The topological polar surface area (TPSA) is 30.0 Å². The first-order valence-electron chi connectivity index (χ1n) is 5.22. The number of benzene rings is 2. The summed E-state index contributed by atoms with van der Waals surface area (Å²) in [6.45, 7) is 0. The summed E-state index contributed by atoms with van der Waals surface area (Å²) >= 11 is 2.26. The minimum absolute atomic E-state index is 0.642. The summed E-state index contributed by atoms with van der Waals surface area (Å²) in [4.78, 5) is 15.6. The maximum absolute atomic E-state index is 11.0. The lowest BCUT2D eigenvalue weighted by Crippen LogP contribution is -1.88. The number of halogens is 1. The number of pyridine rings is 1. The minimum Gasteiger partial charge on any atom is -0.298 e. The quantitative estimate of drug-likeness (QED) is 0.385. The molecule has 0 fully saturated rings. The highest BCUT2D eigenvalue weighted by Gasteiger charge is 2.04. The fourth-order valence-corrected chi connectivity index (χ4v) is 2.42. The van der Waals surface area contributed by atoms with Crippen LogP contribution in [-0.2, 0) is 0 Å². The Kier molecular flexibility index (Phi) is 2.55. The Balaban J connectivity index is 2.48. The van der Waals surface area contributed by atoms with E-state index in [1.807, 2.05) is 18.2 Å². The Labute approximate surface area is 112 Å². The molecule has 1 aromatic heterocycles. The van der Waals surface area contributed by atoms with E-state index in [1.54, 1.807) is 6.07 Å². The molecule has 2 aromatic carbocycles. The van der Waals surface area contributed by atoms with Crippen molar-refractivity contribution in [1.29, 1.82) is 0 Å². The molecule has 0 bridgehead atoms. The molecule has 82 valence electrons. The van der Waals surface area contributed by atoms with Gasteiger partial charge >= 0.3 is 0 Å². The van der Waals surface area contributed by atoms with Crippen LogP contribution in [-0.4, -0.2) is 11.3 Å². The molecule has 0 saturated carbocycles. The standard InChI is InChI=1S/C14H8INO/c15-12-5-4-9-6-10-2-1-3-11(8-17)14(10)16-13(9)7-12/h1-8H. The predicted octanol–water partition coefficient (Wildman–Crippen LogP) is 3.81. The van der Waals surface area contributed by atoms with Gasteiger partial charge in [-0.05, 0) is 46.9 Å². The number of rotatable bonds is 1. The van der Waals surface area contributed by atoms with Crippen LogP contribution in [0, 0.1) is 3.57 Å². The molecule has 0 amide bonds. The number of aldehydes is 1. The Morgan fingerprint density at radius 1 is 1.06 bits per heavy atom. The molecule has 2 nitrogen and oxygen atoms in total. The number of nitrogens with zero attached hydrogens (tertiary/aromatic N) is 1. The summed E-state index contributed by atoms with van der Waals surface area (Å²) in [6, 6.07) is 13.9. The molecule has 17 heavy (non-hydrogen) atoms. The molecular weight excluding hydrogens is 325 g/mol. The van der Waals surface area contributed by atoms with Gasteiger partial charge in [-0.15, -0.1) is 0 Å². The molecular formula is C14H8INO. The van der Waals surface area contributed by atoms with E-state index >= 15 is 0 Å². The average Bonchev–Trinajstić information content (AvgIpc) is 2.35. The van der Waals surface area contributed by atoms with Crippen LogP contribution in [0.3, 0.4) is 0 Å². The molecule has 0 aliphatic heterocycles. The maximum Gasteiger partial charge on any atom is 0.152 e. The molecule has 1 heterocycles. The number of carbonyl (C=O) groups excluding carboxylic acids is 1. The molecule has 0 spiro atoms. The van der Waals surface area contributed by atoms with Crippen molar-refractivity contribution >= 4 is 50.7 Å². The van der Waals surface area contributed by atoms with Crippen LogP contribution in [0.2, 0.25) is 0 Å². The molecule has 3 aromatic rings. The van der Waals surface area contributed by atoms with Crippen LogP contribution in [0.15, 0.2) is 42.5 Å². The van der Waals surface area contributed by atoms with Gasteiger partial charge in [-0.25, -0.2) is 4.98 Å². The second-order valence-corrected chi connectivity index (χ2v) is 5.11. The van der Waals surface area contributed by atoms with Crippen molar-refractivity contribution < 1.29 is 4.79 Å². The van der Waals surface area contributed by atoms with Gasteiger partial charge in [0.25, 0.3) is 0 Å². The highest BCUT2D eigenvalue weighted by molar-refractivity contribution is 14.1. The van der Waals surface area contributed by atoms with Gasteiger partial charge in [-0.3, -0.25) is 4.79 Å². The average molecular weight is 333 g/mol.